The Morgan fingerprint density at radius 1 is 0.810 bits per heavy atom. The second kappa shape index (κ2) is 7.83. The molecule has 5 nitrogen and oxygen atoms in total. The third-order valence-corrected chi connectivity index (χ3v) is 2.86. The lowest BCUT2D eigenvalue weighted by Crippen LogP contribution is -1.99. The molecule has 0 spiro atoms. The minimum absolute atomic E-state index is 0.0227. The first-order valence-electron chi connectivity index (χ1n) is 5.81. The molecule has 0 bridgehead atoms. The van der Waals surface area contributed by atoms with Crippen LogP contribution < -0.4 is 5.32 Å². The van der Waals surface area contributed by atoms with Crippen LogP contribution in [0.5, 0.6) is 0 Å². The molecule has 0 saturated carbocycles. The number of hydrogen-bond acceptors (Lipinski definition) is 4. The normalized spacial score (nSPS) is 9.67. The van der Waals surface area contributed by atoms with Gasteiger partial charge in [0.25, 0.3) is 0 Å². The van der Waals surface area contributed by atoms with E-state index in [4.69, 9.17) is 34.8 Å². The first-order chi connectivity index (χ1) is 10.1. The highest BCUT2D eigenvalue weighted by Gasteiger charge is 2.05. The fourth-order valence-corrected chi connectivity index (χ4v) is 1.89. The predicted molar refractivity (Wildman–Crippen MR) is 85.4 cm³/mol. The second-order valence-corrected chi connectivity index (χ2v) is 4.77. The molecule has 2 aromatic heterocycles. The van der Waals surface area contributed by atoms with E-state index in [1.807, 2.05) is 36.7 Å². The monoisotopic (exact) mass is 341 g/mol. The summed E-state index contributed by atoms with van der Waals surface area (Å²) in [6.07, 6.45) is 3.75. The Hall–Kier alpha value is -1.82. The first kappa shape index (κ1) is 15.6. The van der Waals surface area contributed by atoms with Gasteiger partial charge in [0, 0.05) is 12.4 Å². The molecule has 2 heterocycles. The van der Waals surface area contributed by atoms with E-state index in [0.717, 1.165) is 0 Å². The van der Waals surface area contributed by atoms with Crippen molar-refractivity contribution < 1.29 is 0 Å². The second-order valence-electron chi connectivity index (χ2n) is 3.69. The van der Waals surface area contributed by atoms with Gasteiger partial charge in [-0.25, -0.2) is 0 Å². The Morgan fingerprint density at radius 3 is 1.95 bits per heavy atom. The van der Waals surface area contributed by atoms with Crippen molar-refractivity contribution >= 4 is 46.4 Å². The molecule has 0 radical (unpaired) electrons. The zero-order valence-corrected chi connectivity index (χ0v) is 12.9. The van der Waals surface area contributed by atoms with Crippen molar-refractivity contribution in [3.05, 3.63) is 64.4 Å². The molecule has 2 N–H and O–H groups in total. The van der Waals surface area contributed by atoms with Crippen LogP contribution >= 0.6 is 34.8 Å². The van der Waals surface area contributed by atoms with Crippen molar-refractivity contribution in [2.24, 2.45) is 0 Å². The molecule has 1 aromatic carbocycles. The molecular weight excluding hydrogens is 333 g/mol. The highest BCUT2D eigenvalue weighted by Crippen LogP contribution is 2.23. The molecule has 0 aliphatic rings. The van der Waals surface area contributed by atoms with E-state index in [1.54, 1.807) is 12.1 Å². The van der Waals surface area contributed by atoms with E-state index in [1.165, 1.54) is 0 Å². The molecule has 0 atom stereocenters. The maximum atomic E-state index is 5.95. The van der Waals surface area contributed by atoms with Crippen LogP contribution in [0.1, 0.15) is 0 Å². The first-order valence-corrected chi connectivity index (χ1v) is 6.95. The number of nitrogens with zero attached hydrogens (tertiary/aromatic N) is 3. The Kier molecular flexibility index (Phi) is 5.80. The van der Waals surface area contributed by atoms with E-state index in [0.29, 0.717) is 10.7 Å². The third-order valence-electron chi connectivity index (χ3n) is 2.20. The number of hydrogen-bond donors (Lipinski definition) is 2. The third kappa shape index (κ3) is 5.23. The van der Waals surface area contributed by atoms with Gasteiger partial charge < -0.3 is 10.3 Å². The molecule has 0 aliphatic heterocycles. The van der Waals surface area contributed by atoms with Crippen LogP contribution in [-0.4, -0.2) is 19.9 Å². The van der Waals surface area contributed by atoms with Crippen LogP contribution in [-0.2, 0) is 0 Å². The van der Waals surface area contributed by atoms with Gasteiger partial charge in [-0.3, -0.25) is 0 Å². The van der Waals surface area contributed by atoms with Crippen molar-refractivity contribution in [3.8, 4) is 0 Å². The summed E-state index contributed by atoms with van der Waals surface area (Å²) in [4.78, 5) is 14.2. The summed E-state index contributed by atoms with van der Waals surface area (Å²) in [6.45, 7) is 0. The van der Waals surface area contributed by atoms with E-state index < -0.39 is 0 Å². The van der Waals surface area contributed by atoms with Crippen LogP contribution in [0.2, 0.25) is 15.6 Å². The average molecular weight is 343 g/mol. The van der Waals surface area contributed by atoms with E-state index >= 15 is 0 Å². The highest BCUT2D eigenvalue weighted by atomic mass is 35.5. The van der Waals surface area contributed by atoms with Crippen molar-refractivity contribution in [3.63, 3.8) is 0 Å². The van der Waals surface area contributed by atoms with E-state index in [9.17, 15) is 0 Å². The topological polar surface area (TPSA) is 66.5 Å². The Labute approximate surface area is 136 Å². The lowest BCUT2D eigenvalue weighted by atomic mass is 10.3. The smallest absolute Gasteiger partial charge is 0.232 e. The minimum Gasteiger partial charge on any atom is -0.368 e. The van der Waals surface area contributed by atoms with Gasteiger partial charge >= 0.3 is 0 Å². The summed E-state index contributed by atoms with van der Waals surface area (Å²) < 4.78 is 0. The molecule has 0 aliphatic carbocycles. The largest absolute Gasteiger partial charge is 0.368 e. The van der Waals surface area contributed by atoms with Crippen LogP contribution in [0.3, 0.4) is 0 Å². The van der Waals surface area contributed by atoms with Gasteiger partial charge in [-0.15, -0.1) is 0 Å². The molecular formula is C13H10Cl3N5. The molecule has 21 heavy (non-hydrogen) atoms. The van der Waals surface area contributed by atoms with Crippen molar-refractivity contribution in [1.29, 1.82) is 0 Å². The number of rotatable bonds is 2. The summed E-state index contributed by atoms with van der Waals surface area (Å²) in [6, 6.07) is 11.1. The molecule has 0 unspecified atom stereocenters. The highest BCUT2D eigenvalue weighted by molar-refractivity contribution is 6.33. The molecule has 108 valence electrons. The maximum Gasteiger partial charge on any atom is 0.232 e. The quantitative estimate of drug-likeness (QED) is 0.715. The number of aromatic nitrogens is 4. The standard InChI is InChI=1S/C9H5Cl3N4.C4H5N/c10-5-3-1-2-4-6(5)13-9-15-7(11)14-8(12)16-9;1-2-4-5-3-1/h1-4H,(H,13,14,15,16);1-5H. The van der Waals surface area contributed by atoms with Gasteiger partial charge in [-0.1, -0.05) is 23.7 Å². The van der Waals surface area contributed by atoms with Crippen molar-refractivity contribution in [2.75, 3.05) is 5.32 Å². The van der Waals surface area contributed by atoms with Crippen LogP contribution in [0.4, 0.5) is 11.6 Å². The lowest BCUT2D eigenvalue weighted by molar-refractivity contribution is 1.05. The number of halogens is 3. The van der Waals surface area contributed by atoms with Gasteiger partial charge in [-0.05, 0) is 47.5 Å². The fraction of sp³-hybridized carbons (Fsp3) is 0. The van der Waals surface area contributed by atoms with Crippen LogP contribution in [0.25, 0.3) is 0 Å². The summed E-state index contributed by atoms with van der Waals surface area (Å²) in [7, 11) is 0. The lowest BCUT2D eigenvalue weighted by Gasteiger charge is -2.06. The Balaban J connectivity index is 0.000000272. The SMILES string of the molecule is Clc1nc(Cl)nc(Nc2ccccc2Cl)n1.c1cc[nH]c1. The molecule has 0 saturated heterocycles. The zero-order chi connectivity index (χ0) is 15.1. The summed E-state index contributed by atoms with van der Waals surface area (Å²) in [5.41, 5.74) is 0.669. The molecule has 8 heteroatoms. The Bertz CT molecular complexity index is 651. The van der Waals surface area contributed by atoms with Gasteiger partial charge in [0.05, 0.1) is 10.7 Å². The number of anilines is 2. The van der Waals surface area contributed by atoms with Gasteiger partial charge in [0.15, 0.2) is 0 Å². The maximum absolute atomic E-state index is 5.95. The van der Waals surface area contributed by atoms with Gasteiger partial charge in [0.2, 0.25) is 16.5 Å². The van der Waals surface area contributed by atoms with Crippen molar-refractivity contribution in [2.45, 2.75) is 0 Å². The fourth-order valence-electron chi connectivity index (χ4n) is 1.34. The number of aromatic amines is 1. The predicted octanol–water partition coefficient (Wildman–Crippen LogP) is 4.59. The summed E-state index contributed by atoms with van der Waals surface area (Å²) in [5, 5.41) is 3.49. The van der Waals surface area contributed by atoms with E-state index in [-0.39, 0.29) is 16.5 Å². The summed E-state index contributed by atoms with van der Waals surface area (Å²) in [5.74, 6) is 0.248. The van der Waals surface area contributed by atoms with Gasteiger partial charge in [0.1, 0.15) is 0 Å². The molecule has 3 aromatic rings. The number of nitrogens with one attached hydrogen (secondary N) is 2. The molecule has 3 rings (SSSR count). The molecule has 0 fully saturated rings. The zero-order valence-electron chi connectivity index (χ0n) is 10.6. The average Bonchev–Trinajstić information content (AvgIpc) is 2.99. The number of para-hydroxylation sites is 1. The minimum atomic E-state index is 0.0227. The van der Waals surface area contributed by atoms with Crippen molar-refractivity contribution in [1.82, 2.24) is 19.9 Å². The molecule has 0 amide bonds. The van der Waals surface area contributed by atoms with Gasteiger partial charge in [-0.2, -0.15) is 15.0 Å². The summed E-state index contributed by atoms with van der Waals surface area (Å²) >= 11 is 17.2. The van der Waals surface area contributed by atoms with Crippen LogP contribution in [0.15, 0.2) is 48.8 Å². The number of H-pyrrole nitrogens is 1. The number of benzene rings is 1. The Morgan fingerprint density at radius 2 is 1.43 bits per heavy atom. The van der Waals surface area contributed by atoms with Crippen LogP contribution in [0, 0.1) is 0 Å². The van der Waals surface area contributed by atoms with E-state index in [2.05, 4.69) is 25.3 Å².